The van der Waals surface area contributed by atoms with Crippen LogP contribution >= 0.6 is 0 Å². The number of nitrogens with zero attached hydrogens (tertiary/aromatic N) is 5. The predicted molar refractivity (Wildman–Crippen MR) is 106 cm³/mol. The molecule has 10 heteroatoms. The number of nitrogens with one attached hydrogen (secondary N) is 1. The molecule has 150 valence electrons. The van der Waals surface area contributed by atoms with E-state index in [-0.39, 0.29) is 10.9 Å². The van der Waals surface area contributed by atoms with Gasteiger partial charge in [0.05, 0.1) is 29.9 Å². The van der Waals surface area contributed by atoms with Crippen LogP contribution in [0.1, 0.15) is 24.6 Å². The SMILES string of the molecule is COc1ccc(S(=O)(=O)N2CCC[C@@H]2c2ccnc(Nc3cnccn3)n2)cc1. The van der Waals surface area contributed by atoms with Gasteiger partial charge in [-0.1, -0.05) is 0 Å². The van der Waals surface area contributed by atoms with Crippen LogP contribution in [0.25, 0.3) is 0 Å². The van der Waals surface area contributed by atoms with Crippen molar-refractivity contribution in [1.82, 2.24) is 24.2 Å². The van der Waals surface area contributed by atoms with Crippen molar-refractivity contribution in [2.24, 2.45) is 0 Å². The normalized spacial score (nSPS) is 17.2. The molecule has 0 amide bonds. The second-order valence-electron chi connectivity index (χ2n) is 6.47. The van der Waals surface area contributed by atoms with Crippen LogP contribution in [0.4, 0.5) is 11.8 Å². The lowest BCUT2D eigenvalue weighted by atomic mass is 10.1. The molecule has 1 N–H and O–H groups in total. The van der Waals surface area contributed by atoms with E-state index in [1.165, 1.54) is 4.31 Å². The Bertz CT molecular complexity index is 1080. The molecule has 3 aromatic rings. The molecule has 3 heterocycles. The first kappa shape index (κ1) is 19.2. The molecule has 0 radical (unpaired) electrons. The van der Waals surface area contributed by atoms with Crippen molar-refractivity contribution >= 4 is 21.8 Å². The van der Waals surface area contributed by atoms with Crippen LogP contribution in [0.15, 0.2) is 60.0 Å². The fourth-order valence-electron chi connectivity index (χ4n) is 3.30. The van der Waals surface area contributed by atoms with E-state index >= 15 is 0 Å². The zero-order valence-corrected chi connectivity index (χ0v) is 16.6. The number of sulfonamides is 1. The lowest BCUT2D eigenvalue weighted by molar-refractivity contribution is 0.390. The maximum atomic E-state index is 13.2. The summed E-state index contributed by atoms with van der Waals surface area (Å²) in [6.07, 6.45) is 7.76. The Kier molecular flexibility index (Phi) is 5.36. The molecule has 4 rings (SSSR count). The summed E-state index contributed by atoms with van der Waals surface area (Å²) in [5.74, 6) is 1.47. The van der Waals surface area contributed by atoms with Gasteiger partial charge in [-0.15, -0.1) is 0 Å². The lowest BCUT2D eigenvalue weighted by Gasteiger charge is -2.24. The minimum Gasteiger partial charge on any atom is -0.497 e. The summed E-state index contributed by atoms with van der Waals surface area (Å²) in [6, 6.07) is 7.80. The Morgan fingerprint density at radius 1 is 1.10 bits per heavy atom. The molecule has 1 saturated heterocycles. The van der Waals surface area contributed by atoms with E-state index < -0.39 is 10.0 Å². The maximum absolute atomic E-state index is 13.2. The van der Waals surface area contributed by atoms with Gasteiger partial charge in [0.15, 0.2) is 5.82 Å². The Morgan fingerprint density at radius 2 is 1.93 bits per heavy atom. The van der Waals surface area contributed by atoms with Crippen LogP contribution < -0.4 is 10.1 Å². The number of methoxy groups -OCH3 is 1. The highest BCUT2D eigenvalue weighted by Crippen LogP contribution is 2.36. The van der Waals surface area contributed by atoms with E-state index in [1.54, 1.807) is 62.2 Å². The number of anilines is 2. The van der Waals surface area contributed by atoms with E-state index in [9.17, 15) is 8.42 Å². The summed E-state index contributed by atoms with van der Waals surface area (Å²) in [5.41, 5.74) is 0.640. The maximum Gasteiger partial charge on any atom is 0.243 e. The van der Waals surface area contributed by atoms with Crippen LogP contribution in [-0.4, -0.2) is 46.3 Å². The summed E-state index contributed by atoms with van der Waals surface area (Å²) in [7, 11) is -2.11. The van der Waals surface area contributed by atoms with E-state index in [0.29, 0.717) is 36.2 Å². The zero-order valence-electron chi connectivity index (χ0n) is 15.8. The molecule has 2 aromatic heterocycles. The third-order valence-electron chi connectivity index (χ3n) is 4.69. The van der Waals surface area contributed by atoms with Crippen LogP contribution in [0, 0.1) is 0 Å². The number of benzene rings is 1. The molecule has 0 spiro atoms. The second-order valence-corrected chi connectivity index (χ2v) is 8.36. The fraction of sp³-hybridized carbons (Fsp3) is 0.263. The Labute approximate surface area is 168 Å². The summed E-state index contributed by atoms with van der Waals surface area (Å²) in [5, 5.41) is 2.99. The molecule has 0 aliphatic carbocycles. The molecule has 1 aliphatic heterocycles. The molecule has 1 fully saturated rings. The molecule has 1 aliphatic rings. The highest BCUT2D eigenvalue weighted by molar-refractivity contribution is 7.89. The summed E-state index contributed by atoms with van der Waals surface area (Å²) in [6.45, 7) is 0.440. The van der Waals surface area contributed by atoms with Crippen LogP contribution in [-0.2, 0) is 10.0 Å². The van der Waals surface area contributed by atoms with Crippen molar-refractivity contribution in [3.8, 4) is 5.75 Å². The van der Waals surface area contributed by atoms with Crippen molar-refractivity contribution in [3.05, 3.63) is 60.8 Å². The average Bonchev–Trinajstić information content (AvgIpc) is 3.26. The highest BCUT2D eigenvalue weighted by atomic mass is 32.2. The van der Waals surface area contributed by atoms with Gasteiger partial charge in [0.25, 0.3) is 0 Å². The molecule has 29 heavy (non-hydrogen) atoms. The van der Waals surface area contributed by atoms with Gasteiger partial charge in [-0.3, -0.25) is 4.98 Å². The molecule has 1 aromatic carbocycles. The van der Waals surface area contributed by atoms with E-state index in [0.717, 1.165) is 6.42 Å². The first-order chi connectivity index (χ1) is 14.1. The average molecular weight is 412 g/mol. The van der Waals surface area contributed by atoms with E-state index in [4.69, 9.17) is 4.74 Å². The summed E-state index contributed by atoms with van der Waals surface area (Å²) >= 11 is 0. The molecule has 0 bridgehead atoms. The molecular formula is C19H20N6O3S. The van der Waals surface area contributed by atoms with Gasteiger partial charge in [0, 0.05) is 25.1 Å². The molecule has 9 nitrogen and oxygen atoms in total. The quantitative estimate of drug-likeness (QED) is 0.658. The third-order valence-corrected chi connectivity index (χ3v) is 6.61. The first-order valence-corrected chi connectivity index (χ1v) is 10.5. The molecule has 0 unspecified atom stereocenters. The van der Waals surface area contributed by atoms with Crippen LogP contribution in [0.5, 0.6) is 5.75 Å². The van der Waals surface area contributed by atoms with Gasteiger partial charge < -0.3 is 10.1 Å². The first-order valence-electron chi connectivity index (χ1n) is 9.10. The van der Waals surface area contributed by atoms with Crippen molar-refractivity contribution in [1.29, 1.82) is 0 Å². The van der Waals surface area contributed by atoms with Gasteiger partial charge in [-0.25, -0.2) is 23.4 Å². The number of hydrogen-bond acceptors (Lipinski definition) is 8. The Balaban J connectivity index is 1.60. The zero-order chi connectivity index (χ0) is 20.3. The third kappa shape index (κ3) is 4.03. The summed E-state index contributed by atoms with van der Waals surface area (Å²) < 4.78 is 33.0. The van der Waals surface area contributed by atoms with E-state index in [1.807, 2.05) is 0 Å². The van der Waals surface area contributed by atoms with Gasteiger partial charge in [-0.05, 0) is 43.2 Å². The Hall–Kier alpha value is -3.11. The van der Waals surface area contributed by atoms with Crippen LogP contribution in [0.2, 0.25) is 0 Å². The van der Waals surface area contributed by atoms with Crippen molar-refractivity contribution in [2.75, 3.05) is 19.0 Å². The lowest BCUT2D eigenvalue weighted by Crippen LogP contribution is -2.31. The topological polar surface area (TPSA) is 110 Å². The minimum absolute atomic E-state index is 0.233. The van der Waals surface area contributed by atoms with E-state index in [2.05, 4.69) is 25.3 Å². The number of rotatable bonds is 6. The smallest absolute Gasteiger partial charge is 0.243 e. The van der Waals surface area contributed by atoms with Gasteiger partial charge in [0.1, 0.15) is 5.75 Å². The largest absolute Gasteiger partial charge is 0.497 e. The van der Waals surface area contributed by atoms with Gasteiger partial charge in [-0.2, -0.15) is 4.31 Å². The summed E-state index contributed by atoms with van der Waals surface area (Å²) in [4.78, 5) is 17.1. The van der Waals surface area contributed by atoms with Crippen LogP contribution in [0.3, 0.4) is 0 Å². The fourth-order valence-corrected chi connectivity index (χ4v) is 4.97. The van der Waals surface area contributed by atoms with Crippen molar-refractivity contribution < 1.29 is 13.2 Å². The highest BCUT2D eigenvalue weighted by Gasteiger charge is 2.37. The van der Waals surface area contributed by atoms with Gasteiger partial charge >= 0.3 is 0 Å². The Morgan fingerprint density at radius 3 is 2.66 bits per heavy atom. The minimum atomic E-state index is -3.66. The standard InChI is InChI=1S/C19H20N6O3S/c1-28-14-4-6-15(7-5-14)29(26,27)25-12-2-3-17(25)16-8-9-22-19(23-16)24-18-13-20-10-11-21-18/h4-11,13,17H,2-3,12H2,1H3,(H,21,22,23,24)/t17-/m1/s1. The second kappa shape index (κ2) is 8.10. The number of hydrogen-bond donors (Lipinski definition) is 1. The monoisotopic (exact) mass is 412 g/mol. The van der Waals surface area contributed by atoms with Crippen molar-refractivity contribution in [2.45, 2.75) is 23.8 Å². The number of aromatic nitrogens is 4. The van der Waals surface area contributed by atoms with Gasteiger partial charge in [0.2, 0.25) is 16.0 Å². The van der Waals surface area contributed by atoms with Crippen molar-refractivity contribution in [3.63, 3.8) is 0 Å². The molecule has 1 atom stereocenters. The molecule has 0 saturated carbocycles. The number of ether oxygens (including phenoxy) is 1. The predicted octanol–water partition coefficient (Wildman–Crippen LogP) is 2.54. The molecular weight excluding hydrogens is 392 g/mol.